The van der Waals surface area contributed by atoms with Crippen molar-refractivity contribution in [3.05, 3.63) is 29.8 Å². The fourth-order valence-corrected chi connectivity index (χ4v) is 1.71. The van der Waals surface area contributed by atoms with Gasteiger partial charge in [0.1, 0.15) is 5.75 Å². The molecule has 1 atom stereocenters. The third kappa shape index (κ3) is 4.21. The van der Waals surface area contributed by atoms with Crippen LogP contribution in [-0.2, 0) is 11.2 Å². The summed E-state index contributed by atoms with van der Waals surface area (Å²) >= 11 is 0. The van der Waals surface area contributed by atoms with E-state index in [4.69, 9.17) is 9.47 Å². The summed E-state index contributed by atoms with van der Waals surface area (Å²) in [7, 11) is 1.63. The minimum atomic E-state index is -1.14. The molecule has 0 aliphatic heterocycles. The Morgan fingerprint density at radius 2 is 2.06 bits per heavy atom. The zero-order valence-electron chi connectivity index (χ0n) is 10.4. The van der Waals surface area contributed by atoms with Gasteiger partial charge in [0.25, 0.3) is 0 Å². The Bertz CT molecular complexity index is 332. The van der Waals surface area contributed by atoms with Gasteiger partial charge < -0.3 is 14.6 Å². The predicted octanol–water partition coefficient (Wildman–Crippen LogP) is 2.37. The van der Waals surface area contributed by atoms with Crippen molar-refractivity contribution in [1.29, 1.82) is 0 Å². The monoisotopic (exact) mass is 224 g/mol. The van der Waals surface area contributed by atoms with Gasteiger partial charge in [0.05, 0.1) is 13.2 Å². The summed E-state index contributed by atoms with van der Waals surface area (Å²) in [5.74, 6) is -0.349. The Kier molecular flexibility index (Phi) is 4.33. The molecule has 0 saturated heterocycles. The Hall–Kier alpha value is -1.06. The zero-order valence-corrected chi connectivity index (χ0v) is 10.4. The maximum absolute atomic E-state index is 10.0. The van der Waals surface area contributed by atoms with Gasteiger partial charge >= 0.3 is 0 Å². The molecule has 1 aromatic rings. The third-order valence-corrected chi connectivity index (χ3v) is 2.16. The Labute approximate surface area is 97.0 Å². The molecule has 0 heterocycles. The van der Waals surface area contributed by atoms with Crippen molar-refractivity contribution < 1.29 is 14.6 Å². The largest absolute Gasteiger partial charge is 0.497 e. The van der Waals surface area contributed by atoms with E-state index in [0.717, 1.165) is 11.3 Å². The molecule has 0 aliphatic carbocycles. The van der Waals surface area contributed by atoms with Crippen LogP contribution in [0.4, 0.5) is 0 Å². The summed E-state index contributed by atoms with van der Waals surface area (Å²) in [4.78, 5) is 0. The molecule has 1 aromatic carbocycles. The molecule has 1 N–H and O–H groups in total. The number of rotatable bonds is 5. The van der Waals surface area contributed by atoms with Crippen molar-refractivity contribution in [2.75, 3.05) is 7.11 Å². The number of aliphatic hydroxyl groups is 1. The molecule has 0 aromatic heterocycles. The lowest BCUT2D eigenvalue weighted by molar-refractivity contribution is -0.209. The lowest BCUT2D eigenvalue weighted by Crippen LogP contribution is -2.33. The second-order valence-electron chi connectivity index (χ2n) is 4.37. The SMILES string of the molecule is COc1cccc(CC(C)(O)OC(C)C)c1. The van der Waals surface area contributed by atoms with Crippen LogP contribution in [0.2, 0.25) is 0 Å². The smallest absolute Gasteiger partial charge is 0.166 e. The fraction of sp³-hybridized carbons (Fsp3) is 0.538. The summed E-state index contributed by atoms with van der Waals surface area (Å²) < 4.78 is 10.6. The van der Waals surface area contributed by atoms with Crippen LogP contribution in [-0.4, -0.2) is 24.1 Å². The van der Waals surface area contributed by atoms with E-state index < -0.39 is 5.79 Å². The van der Waals surface area contributed by atoms with Gasteiger partial charge in [0, 0.05) is 6.42 Å². The van der Waals surface area contributed by atoms with E-state index in [1.165, 1.54) is 0 Å². The molecule has 3 nitrogen and oxygen atoms in total. The second-order valence-corrected chi connectivity index (χ2v) is 4.37. The zero-order chi connectivity index (χ0) is 12.2. The molecule has 0 fully saturated rings. The highest BCUT2D eigenvalue weighted by molar-refractivity contribution is 5.29. The van der Waals surface area contributed by atoms with Crippen molar-refractivity contribution in [3.63, 3.8) is 0 Å². The molecule has 0 radical (unpaired) electrons. The van der Waals surface area contributed by atoms with Crippen LogP contribution in [0.5, 0.6) is 5.75 Å². The summed E-state index contributed by atoms with van der Waals surface area (Å²) in [6, 6.07) is 7.62. The average Bonchev–Trinajstić information content (AvgIpc) is 2.15. The van der Waals surface area contributed by atoms with E-state index in [2.05, 4.69) is 0 Å². The topological polar surface area (TPSA) is 38.7 Å². The number of ether oxygens (including phenoxy) is 2. The van der Waals surface area contributed by atoms with Crippen LogP contribution in [0, 0.1) is 0 Å². The minimum absolute atomic E-state index is 0.000563. The third-order valence-electron chi connectivity index (χ3n) is 2.16. The van der Waals surface area contributed by atoms with Crippen LogP contribution in [0.25, 0.3) is 0 Å². The Balaban J connectivity index is 2.71. The van der Waals surface area contributed by atoms with Crippen LogP contribution in [0.3, 0.4) is 0 Å². The number of benzene rings is 1. The van der Waals surface area contributed by atoms with Gasteiger partial charge in [0.15, 0.2) is 5.79 Å². The predicted molar refractivity (Wildman–Crippen MR) is 63.5 cm³/mol. The first-order valence-electron chi connectivity index (χ1n) is 5.46. The van der Waals surface area contributed by atoms with Gasteiger partial charge in [-0.2, -0.15) is 0 Å². The van der Waals surface area contributed by atoms with Gasteiger partial charge in [-0.25, -0.2) is 0 Å². The Morgan fingerprint density at radius 1 is 1.38 bits per heavy atom. The molecule has 0 aliphatic rings. The maximum atomic E-state index is 10.0. The quantitative estimate of drug-likeness (QED) is 0.780. The highest BCUT2D eigenvalue weighted by atomic mass is 16.6. The van der Waals surface area contributed by atoms with Gasteiger partial charge in [0.2, 0.25) is 0 Å². The standard InChI is InChI=1S/C13H20O3/c1-10(2)16-13(3,14)9-11-6-5-7-12(8-11)15-4/h5-8,10,14H,9H2,1-4H3. The molecule has 1 unspecified atom stereocenters. The van der Waals surface area contributed by atoms with Crippen LogP contribution >= 0.6 is 0 Å². The molecule has 0 amide bonds. The lowest BCUT2D eigenvalue weighted by Gasteiger charge is -2.26. The minimum Gasteiger partial charge on any atom is -0.497 e. The molecule has 1 rings (SSSR count). The molecule has 16 heavy (non-hydrogen) atoms. The van der Waals surface area contributed by atoms with E-state index in [1.807, 2.05) is 38.1 Å². The van der Waals surface area contributed by atoms with Gasteiger partial charge in [-0.1, -0.05) is 12.1 Å². The van der Waals surface area contributed by atoms with Gasteiger partial charge in [-0.15, -0.1) is 0 Å². The van der Waals surface area contributed by atoms with Crippen molar-refractivity contribution in [2.24, 2.45) is 0 Å². The van der Waals surface area contributed by atoms with E-state index in [1.54, 1.807) is 14.0 Å². The molecular weight excluding hydrogens is 204 g/mol. The molecule has 0 spiro atoms. The van der Waals surface area contributed by atoms with Crippen molar-refractivity contribution in [3.8, 4) is 5.75 Å². The molecule has 3 heteroatoms. The fourth-order valence-electron chi connectivity index (χ4n) is 1.71. The highest BCUT2D eigenvalue weighted by Gasteiger charge is 2.23. The van der Waals surface area contributed by atoms with Crippen molar-refractivity contribution >= 4 is 0 Å². The normalized spacial score (nSPS) is 14.9. The summed E-state index contributed by atoms with van der Waals surface area (Å²) in [6.45, 7) is 5.48. The van der Waals surface area contributed by atoms with Crippen molar-refractivity contribution in [2.45, 2.75) is 39.1 Å². The first-order chi connectivity index (χ1) is 7.43. The Morgan fingerprint density at radius 3 is 2.62 bits per heavy atom. The van der Waals surface area contributed by atoms with E-state index >= 15 is 0 Å². The van der Waals surface area contributed by atoms with Gasteiger partial charge in [-0.05, 0) is 38.5 Å². The van der Waals surface area contributed by atoms with E-state index in [-0.39, 0.29) is 6.10 Å². The highest BCUT2D eigenvalue weighted by Crippen LogP contribution is 2.20. The molecular formula is C13H20O3. The number of hydrogen-bond acceptors (Lipinski definition) is 3. The molecule has 0 saturated carbocycles. The summed E-state index contributed by atoms with van der Waals surface area (Å²) in [5, 5.41) is 10.0. The van der Waals surface area contributed by atoms with Crippen LogP contribution < -0.4 is 4.74 Å². The molecule has 90 valence electrons. The van der Waals surface area contributed by atoms with Crippen molar-refractivity contribution in [1.82, 2.24) is 0 Å². The van der Waals surface area contributed by atoms with E-state index in [9.17, 15) is 5.11 Å². The maximum Gasteiger partial charge on any atom is 0.166 e. The van der Waals surface area contributed by atoms with Crippen LogP contribution in [0.1, 0.15) is 26.3 Å². The number of methoxy groups -OCH3 is 1. The first kappa shape index (κ1) is 13.0. The first-order valence-corrected chi connectivity index (χ1v) is 5.46. The molecule has 0 bridgehead atoms. The average molecular weight is 224 g/mol. The number of hydrogen-bond donors (Lipinski definition) is 1. The van der Waals surface area contributed by atoms with Crippen LogP contribution in [0.15, 0.2) is 24.3 Å². The summed E-state index contributed by atoms with van der Waals surface area (Å²) in [5.41, 5.74) is 0.991. The van der Waals surface area contributed by atoms with Gasteiger partial charge in [-0.3, -0.25) is 0 Å². The van der Waals surface area contributed by atoms with E-state index in [0.29, 0.717) is 6.42 Å². The second kappa shape index (κ2) is 5.32. The summed E-state index contributed by atoms with van der Waals surface area (Å²) in [6.07, 6.45) is 0.447. The lowest BCUT2D eigenvalue weighted by atomic mass is 10.1.